The molecule has 0 aliphatic heterocycles. The molecule has 0 saturated heterocycles. The molecule has 0 amide bonds. The fourth-order valence-electron chi connectivity index (χ4n) is 2.31. The van der Waals surface area contributed by atoms with Gasteiger partial charge in [0.2, 0.25) is 0 Å². The van der Waals surface area contributed by atoms with Gasteiger partial charge in [-0.3, -0.25) is 0 Å². The van der Waals surface area contributed by atoms with Gasteiger partial charge in [-0.2, -0.15) is 11.8 Å². The lowest BCUT2D eigenvalue weighted by atomic mass is 10.2. The van der Waals surface area contributed by atoms with Gasteiger partial charge in [0, 0.05) is 25.3 Å². The van der Waals surface area contributed by atoms with Crippen molar-refractivity contribution in [3.8, 4) is 0 Å². The van der Waals surface area contributed by atoms with E-state index in [4.69, 9.17) is 5.11 Å². The third-order valence-electron chi connectivity index (χ3n) is 3.31. The topological polar surface area (TPSA) is 75.3 Å². The van der Waals surface area contributed by atoms with Gasteiger partial charge in [0.1, 0.15) is 11.3 Å². The highest BCUT2D eigenvalue weighted by atomic mass is 32.2. The maximum absolute atomic E-state index is 11.3. The number of rotatable bonds is 8. The van der Waals surface area contributed by atoms with Crippen LogP contribution in [0, 0.1) is 0 Å². The van der Waals surface area contributed by atoms with Gasteiger partial charge in [0.25, 0.3) is 0 Å². The lowest BCUT2D eigenvalue weighted by Crippen LogP contribution is -2.05. The van der Waals surface area contributed by atoms with E-state index in [-0.39, 0.29) is 12.2 Å². The minimum atomic E-state index is -0.940. The monoisotopic (exact) mass is 308 g/mol. The van der Waals surface area contributed by atoms with E-state index in [1.54, 1.807) is 23.9 Å². The van der Waals surface area contributed by atoms with E-state index in [0.29, 0.717) is 5.52 Å². The highest BCUT2D eigenvalue weighted by Gasteiger charge is 2.15. The quantitative estimate of drug-likeness (QED) is 0.733. The summed E-state index contributed by atoms with van der Waals surface area (Å²) in [4.78, 5) is 15.8. The van der Waals surface area contributed by atoms with E-state index >= 15 is 0 Å². The number of aryl methyl sites for hydroxylation is 2. The highest BCUT2D eigenvalue weighted by Crippen LogP contribution is 2.21. The van der Waals surface area contributed by atoms with Crippen molar-refractivity contribution in [1.82, 2.24) is 9.55 Å². The number of para-hydroxylation sites is 1. The lowest BCUT2D eigenvalue weighted by molar-refractivity contribution is 0.0699. The van der Waals surface area contributed by atoms with Gasteiger partial charge in [0.15, 0.2) is 0 Å². The van der Waals surface area contributed by atoms with Crippen molar-refractivity contribution < 1.29 is 15.0 Å². The van der Waals surface area contributed by atoms with Gasteiger partial charge < -0.3 is 14.8 Å². The third kappa shape index (κ3) is 3.57. The van der Waals surface area contributed by atoms with Crippen LogP contribution in [0.25, 0.3) is 11.0 Å². The second kappa shape index (κ2) is 7.47. The van der Waals surface area contributed by atoms with Gasteiger partial charge in [-0.05, 0) is 24.3 Å². The normalized spacial score (nSPS) is 11.1. The van der Waals surface area contributed by atoms with Crippen LogP contribution in [0.1, 0.15) is 29.5 Å². The summed E-state index contributed by atoms with van der Waals surface area (Å²) in [6.07, 6.45) is 1.58. The van der Waals surface area contributed by atoms with Crippen LogP contribution in [0.15, 0.2) is 18.2 Å². The Morgan fingerprint density at radius 3 is 2.86 bits per heavy atom. The molecular formula is C15H20N2O3S. The lowest BCUT2D eigenvalue weighted by Gasteiger charge is -2.08. The first-order chi connectivity index (χ1) is 10.2. The summed E-state index contributed by atoms with van der Waals surface area (Å²) in [5.41, 5.74) is 1.71. The molecule has 0 aliphatic carbocycles. The summed E-state index contributed by atoms with van der Waals surface area (Å²) in [7, 11) is 0. The summed E-state index contributed by atoms with van der Waals surface area (Å²) in [6.45, 7) is 3.05. The zero-order chi connectivity index (χ0) is 15.2. The zero-order valence-electron chi connectivity index (χ0n) is 12.1. The van der Waals surface area contributed by atoms with Gasteiger partial charge in [-0.15, -0.1) is 0 Å². The van der Waals surface area contributed by atoms with Crippen LogP contribution in [0.2, 0.25) is 0 Å². The molecule has 5 nitrogen and oxygen atoms in total. The molecule has 0 saturated carbocycles. The van der Waals surface area contributed by atoms with E-state index in [9.17, 15) is 9.90 Å². The smallest absolute Gasteiger partial charge is 0.337 e. The molecule has 1 heterocycles. The largest absolute Gasteiger partial charge is 0.478 e. The van der Waals surface area contributed by atoms with Crippen LogP contribution >= 0.6 is 11.8 Å². The molecule has 21 heavy (non-hydrogen) atoms. The Morgan fingerprint density at radius 2 is 2.19 bits per heavy atom. The van der Waals surface area contributed by atoms with E-state index in [1.165, 1.54) is 0 Å². The minimum Gasteiger partial charge on any atom is -0.478 e. The number of carboxylic acids is 1. The predicted molar refractivity (Wildman–Crippen MR) is 85.1 cm³/mol. The van der Waals surface area contributed by atoms with E-state index < -0.39 is 5.97 Å². The molecule has 0 radical (unpaired) electrons. The average Bonchev–Trinajstić information content (AvgIpc) is 2.84. The maximum Gasteiger partial charge on any atom is 0.337 e. The molecule has 2 aromatic rings. The molecule has 0 atom stereocenters. The van der Waals surface area contributed by atoms with Gasteiger partial charge in [-0.1, -0.05) is 13.0 Å². The third-order valence-corrected chi connectivity index (χ3v) is 4.36. The number of hydrogen-bond donors (Lipinski definition) is 2. The Bertz CT molecular complexity index is 625. The molecule has 0 spiro atoms. The number of aromatic carboxylic acids is 1. The number of nitrogens with zero attached hydrogens (tertiary/aromatic N) is 2. The molecule has 0 bridgehead atoms. The number of aliphatic hydroxyl groups is 1. The van der Waals surface area contributed by atoms with E-state index in [1.807, 2.05) is 13.0 Å². The number of hydrogen-bond acceptors (Lipinski definition) is 4. The molecule has 2 rings (SSSR count). The number of aromatic nitrogens is 2. The van der Waals surface area contributed by atoms with Gasteiger partial charge in [0.05, 0.1) is 11.1 Å². The Morgan fingerprint density at radius 1 is 1.38 bits per heavy atom. The van der Waals surface area contributed by atoms with Crippen LogP contribution in [-0.4, -0.2) is 43.8 Å². The van der Waals surface area contributed by atoms with Crippen LogP contribution in [0.3, 0.4) is 0 Å². The fraction of sp³-hybridized carbons (Fsp3) is 0.467. The Hall–Kier alpha value is -1.53. The minimum absolute atomic E-state index is 0.225. The molecule has 0 aliphatic rings. The summed E-state index contributed by atoms with van der Waals surface area (Å²) < 4.78 is 2.10. The van der Waals surface area contributed by atoms with E-state index in [2.05, 4.69) is 9.55 Å². The summed E-state index contributed by atoms with van der Waals surface area (Å²) in [6, 6.07) is 5.28. The molecule has 114 valence electrons. The second-order valence-electron chi connectivity index (χ2n) is 4.70. The van der Waals surface area contributed by atoms with Crippen LogP contribution in [0.4, 0.5) is 0 Å². The molecule has 0 unspecified atom stereocenters. The number of thioether (sulfide) groups is 1. The predicted octanol–water partition coefficient (Wildman–Crippen LogP) is 2.41. The highest BCUT2D eigenvalue weighted by molar-refractivity contribution is 7.99. The van der Waals surface area contributed by atoms with Crippen molar-refractivity contribution in [2.24, 2.45) is 0 Å². The number of carbonyl (C=O) groups is 1. The molecule has 1 aromatic carbocycles. The van der Waals surface area contributed by atoms with Crippen molar-refractivity contribution in [2.75, 3.05) is 18.1 Å². The molecule has 2 N–H and O–H groups in total. The SMILES string of the molecule is CCc1nc2c(C(=O)O)cccc2n1CCSCCCO. The number of imidazole rings is 1. The number of aliphatic hydroxyl groups excluding tert-OH is 1. The van der Waals surface area contributed by atoms with Crippen molar-refractivity contribution >= 4 is 28.8 Å². The first-order valence-corrected chi connectivity index (χ1v) is 8.24. The Labute approximate surface area is 128 Å². The van der Waals surface area contributed by atoms with Crippen molar-refractivity contribution in [3.05, 3.63) is 29.6 Å². The van der Waals surface area contributed by atoms with Crippen molar-refractivity contribution in [2.45, 2.75) is 26.3 Å². The summed E-state index contributed by atoms with van der Waals surface area (Å²) >= 11 is 1.79. The molecule has 1 aromatic heterocycles. The first kappa shape index (κ1) is 15.9. The Kier molecular flexibility index (Phi) is 5.64. The number of carboxylic acid groups (broad SMARTS) is 1. The Balaban J connectivity index is 2.25. The average molecular weight is 308 g/mol. The van der Waals surface area contributed by atoms with Gasteiger partial charge >= 0.3 is 5.97 Å². The molecular weight excluding hydrogens is 288 g/mol. The van der Waals surface area contributed by atoms with Crippen LogP contribution < -0.4 is 0 Å². The van der Waals surface area contributed by atoms with Crippen LogP contribution in [-0.2, 0) is 13.0 Å². The van der Waals surface area contributed by atoms with Crippen molar-refractivity contribution in [1.29, 1.82) is 0 Å². The standard InChI is InChI=1S/C15H20N2O3S/c1-2-13-16-14-11(15(19)20)5-3-6-12(14)17(13)7-10-21-9-4-8-18/h3,5-6,18H,2,4,7-10H2,1H3,(H,19,20). The molecule has 0 fully saturated rings. The zero-order valence-corrected chi connectivity index (χ0v) is 12.9. The molecule has 6 heteroatoms. The number of fused-ring (bicyclic) bond motifs is 1. The number of benzene rings is 1. The summed E-state index contributed by atoms with van der Waals surface area (Å²) in [5.74, 6) is 1.84. The summed E-state index contributed by atoms with van der Waals surface area (Å²) in [5, 5.41) is 18.0. The second-order valence-corrected chi connectivity index (χ2v) is 5.93. The first-order valence-electron chi connectivity index (χ1n) is 7.09. The maximum atomic E-state index is 11.3. The fourth-order valence-corrected chi connectivity index (χ4v) is 3.16. The van der Waals surface area contributed by atoms with E-state index in [0.717, 1.165) is 42.2 Å². The van der Waals surface area contributed by atoms with Crippen LogP contribution in [0.5, 0.6) is 0 Å². The van der Waals surface area contributed by atoms with Gasteiger partial charge in [-0.25, -0.2) is 9.78 Å². The van der Waals surface area contributed by atoms with Crippen molar-refractivity contribution in [3.63, 3.8) is 0 Å².